The molecule has 112 valence electrons. The molecule has 20 heavy (non-hydrogen) atoms. The number of hydrogen-bond donors (Lipinski definition) is 1. The number of piperidine rings is 1. The highest BCUT2D eigenvalue weighted by atomic mass is 16.3. The van der Waals surface area contributed by atoms with Crippen LogP contribution in [0.3, 0.4) is 0 Å². The minimum Gasteiger partial charge on any atom is -0.388 e. The van der Waals surface area contributed by atoms with E-state index >= 15 is 0 Å². The van der Waals surface area contributed by atoms with Crippen LogP contribution in [0.4, 0.5) is 5.69 Å². The number of aliphatic hydroxyl groups is 1. The van der Waals surface area contributed by atoms with E-state index in [0.29, 0.717) is 6.04 Å². The van der Waals surface area contributed by atoms with E-state index in [1.165, 1.54) is 31.6 Å². The Morgan fingerprint density at radius 3 is 2.50 bits per heavy atom. The number of anilines is 1. The fourth-order valence-corrected chi connectivity index (χ4v) is 3.13. The molecule has 0 spiro atoms. The standard InChI is InChI=1S/C17H28N2O/c1-4-17(20)15-8-6-7-9-16(15)18(3)14-10-12-19(5-2)13-11-14/h6-9,14,17,20H,4-5,10-13H2,1-3H3. The molecular formula is C17H28N2O. The van der Waals surface area contributed by atoms with Gasteiger partial charge in [-0.2, -0.15) is 0 Å². The van der Waals surface area contributed by atoms with Crippen LogP contribution in [0.2, 0.25) is 0 Å². The Morgan fingerprint density at radius 2 is 1.90 bits per heavy atom. The molecule has 1 aliphatic heterocycles. The van der Waals surface area contributed by atoms with Crippen LogP contribution in [0.1, 0.15) is 44.8 Å². The fourth-order valence-electron chi connectivity index (χ4n) is 3.13. The van der Waals surface area contributed by atoms with E-state index in [-0.39, 0.29) is 6.10 Å². The molecule has 3 nitrogen and oxygen atoms in total. The molecule has 3 heteroatoms. The molecule has 1 unspecified atom stereocenters. The number of hydrogen-bond acceptors (Lipinski definition) is 3. The first-order valence-corrected chi connectivity index (χ1v) is 7.89. The van der Waals surface area contributed by atoms with Gasteiger partial charge >= 0.3 is 0 Å². The van der Waals surface area contributed by atoms with Gasteiger partial charge in [-0.25, -0.2) is 0 Å². The summed E-state index contributed by atoms with van der Waals surface area (Å²) >= 11 is 0. The van der Waals surface area contributed by atoms with Gasteiger partial charge in [-0.15, -0.1) is 0 Å². The van der Waals surface area contributed by atoms with Gasteiger partial charge < -0.3 is 14.9 Å². The lowest BCUT2D eigenvalue weighted by molar-refractivity contribution is 0.173. The number of likely N-dealkylation sites (tertiary alicyclic amines) is 1. The zero-order chi connectivity index (χ0) is 14.5. The first-order chi connectivity index (χ1) is 9.67. The van der Waals surface area contributed by atoms with Crippen molar-refractivity contribution in [3.63, 3.8) is 0 Å². The molecule has 1 aliphatic rings. The highest BCUT2D eigenvalue weighted by molar-refractivity contribution is 5.54. The van der Waals surface area contributed by atoms with Crippen LogP contribution in [-0.2, 0) is 0 Å². The Bertz CT molecular complexity index is 413. The van der Waals surface area contributed by atoms with E-state index in [2.05, 4.69) is 42.0 Å². The molecule has 1 saturated heterocycles. The molecule has 0 saturated carbocycles. The van der Waals surface area contributed by atoms with Crippen LogP contribution < -0.4 is 4.90 Å². The zero-order valence-corrected chi connectivity index (χ0v) is 13.0. The third-order valence-electron chi connectivity index (χ3n) is 4.61. The summed E-state index contributed by atoms with van der Waals surface area (Å²) < 4.78 is 0. The Labute approximate surface area is 123 Å². The molecule has 1 N–H and O–H groups in total. The summed E-state index contributed by atoms with van der Waals surface area (Å²) in [5.74, 6) is 0. The predicted octanol–water partition coefficient (Wildman–Crippen LogP) is 3.05. The zero-order valence-electron chi connectivity index (χ0n) is 13.0. The van der Waals surface area contributed by atoms with Crippen LogP contribution >= 0.6 is 0 Å². The minimum absolute atomic E-state index is 0.357. The lowest BCUT2D eigenvalue weighted by atomic mass is 9.99. The molecular weight excluding hydrogens is 248 g/mol. The van der Waals surface area contributed by atoms with Crippen molar-refractivity contribution >= 4 is 5.69 Å². The molecule has 0 radical (unpaired) electrons. The minimum atomic E-state index is -0.357. The lowest BCUT2D eigenvalue weighted by Crippen LogP contribution is -2.43. The van der Waals surface area contributed by atoms with E-state index in [4.69, 9.17) is 0 Å². The summed E-state index contributed by atoms with van der Waals surface area (Å²) in [6, 6.07) is 8.87. The van der Waals surface area contributed by atoms with Gasteiger partial charge in [0.15, 0.2) is 0 Å². The van der Waals surface area contributed by atoms with Crippen molar-refractivity contribution in [2.75, 3.05) is 31.6 Å². The lowest BCUT2D eigenvalue weighted by Gasteiger charge is -2.38. The molecule has 1 aromatic carbocycles. The van der Waals surface area contributed by atoms with Gasteiger partial charge in [0.2, 0.25) is 0 Å². The van der Waals surface area contributed by atoms with Crippen LogP contribution in [0.15, 0.2) is 24.3 Å². The van der Waals surface area contributed by atoms with Gasteiger partial charge in [0.1, 0.15) is 0 Å². The largest absolute Gasteiger partial charge is 0.388 e. The van der Waals surface area contributed by atoms with E-state index in [9.17, 15) is 5.11 Å². The molecule has 0 amide bonds. The summed E-state index contributed by atoms with van der Waals surface area (Å²) in [5, 5.41) is 10.2. The van der Waals surface area contributed by atoms with Crippen LogP contribution in [0.25, 0.3) is 0 Å². The highest BCUT2D eigenvalue weighted by Crippen LogP contribution is 2.30. The number of rotatable bonds is 5. The van der Waals surface area contributed by atoms with Crippen molar-refractivity contribution in [2.45, 2.75) is 45.3 Å². The maximum absolute atomic E-state index is 10.2. The summed E-state index contributed by atoms with van der Waals surface area (Å²) in [6.45, 7) is 7.79. The molecule has 1 heterocycles. The monoisotopic (exact) mass is 276 g/mol. The average molecular weight is 276 g/mol. The van der Waals surface area contributed by atoms with Gasteiger partial charge in [-0.3, -0.25) is 0 Å². The number of nitrogens with zero attached hydrogens (tertiary/aromatic N) is 2. The maximum atomic E-state index is 10.2. The van der Waals surface area contributed by atoms with Gasteiger partial charge in [-0.05, 0) is 31.9 Å². The van der Waals surface area contributed by atoms with Crippen LogP contribution in [0, 0.1) is 0 Å². The van der Waals surface area contributed by atoms with E-state index < -0.39 is 0 Å². The smallest absolute Gasteiger partial charge is 0.0807 e. The highest BCUT2D eigenvalue weighted by Gasteiger charge is 2.24. The quantitative estimate of drug-likeness (QED) is 0.895. The second-order valence-electron chi connectivity index (χ2n) is 5.76. The summed E-state index contributed by atoms with van der Waals surface area (Å²) in [4.78, 5) is 4.89. The van der Waals surface area contributed by atoms with Crippen molar-refractivity contribution in [1.29, 1.82) is 0 Å². The van der Waals surface area contributed by atoms with Gasteiger partial charge in [0.05, 0.1) is 6.10 Å². The summed E-state index contributed by atoms with van der Waals surface area (Å²) in [5.41, 5.74) is 2.26. The van der Waals surface area contributed by atoms with Crippen molar-refractivity contribution in [3.8, 4) is 0 Å². The van der Waals surface area contributed by atoms with Gasteiger partial charge in [0, 0.05) is 37.4 Å². The predicted molar refractivity (Wildman–Crippen MR) is 85.2 cm³/mol. The second kappa shape index (κ2) is 7.09. The Kier molecular flexibility index (Phi) is 5.44. The van der Waals surface area contributed by atoms with Gasteiger partial charge in [0.25, 0.3) is 0 Å². The number of benzene rings is 1. The van der Waals surface area contributed by atoms with Crippen LogP contribution in [0.5, 0.6) is 0 Å². The maximum Gasteiger partial charge on any atom is 0.0807 e. The number of aliphatic hydroxyl groups excluding tert-OH is 1. The molecule has 1 aromatic rings. The first kappa shape index (κ1) is 15.3. The topological polar surface area (TPSA) is 26.7 Å². The average Bonchev–Trinajstić information content (AvgIpc) is 2.53. The van der Waals surface area contributed by atoms with E-state index in [1.54, 1.807) is 0 Å². The Morgan fingerprint density at radius 1 is 1.25 bits per heavy atom. The van der Waals surface area contributed by atoms with Crippen molar-refractivity contribution in [3.05, 3.63) is 29.8 Å². The molecule has 2 rings (SSSR count). The first-order valence-electron chi connectivity index (χ1n) is 7.89. The van der Waals surface area contributed by atoms with E-state index in [0.717, 1.165) is 18.5 Å². The van der Waals surface area contributed by atoms with Crippen molar-refractivity contribution in [1.82, 2.24) is 4.90 Å². The molecule has 0 aromatic heterocycles. The van der Waals surface area contributed by atoms with E-state index in [1.807, 2.05) is 13.0 Å². The summed E-state index contributed by atoms with van der Waals surface area (Å²) in [6.07, 6.45) is 2.82. The SMILES string of the molecule is CCC(O)c1ccccc1N(C)C1CCN(CC)CC1. The fraction of sp³-hybridized carbons (Fsp3) is 0.647. The van der Waals surface area contributed by atoms with Gasteiger partial charge in [-0.1, -0.05) is 32.0 Å². The third-order valence-corrected chi connectivity index (χ3v) is 4.61. The molecule has 0 aliphatic carbocycles. The van der Waals surface area contributed by atoms with Crippen molar-refractivity contribution < 1.29 is 5.11 Å². The van der Waals surface area contributed by atoms with Crippen LogP contribution in [-0.4, -0.2) is 42.7 Å². The number of para-hydroxylation sites is 1. The molecule has 1 fully saturated rings. The summed E-state index contributed by atoms with van der Waals surface area (Å²) in [7, 11) is 2.17. The normalized spacial score (nSPS) is 19.0. The Hall–Kier alpha value is -1.06. The Balaban J connectivity index is 2.11. The molecule has 0 bridgehead atoms. The molecule has 1 atom stereocenters. The van der Waals surface area contributed by atoms with Crippen molar-refractivity contribution in [2.24, 2.45) is 0 Å². The second-order valence-corrected chi connectivity index (χ2v) is 5.76. The third kappa shape index (κ3) is 3.33.